The minimum absolute atomic E-state index is 0.440. The SMILES string of the molecule is CCC(CC)C(CN=C(N)NCCc1ccccn1)N1CCOCC1. The van der Waals surface area contributed by atoms with Crippen molar-refractivity contribution < 1.29 is 4.74 Å². The molecule has 140 valence electrons. The molecule has 3 N–H and O–H groups in total. The summed E-state index contributed by atoms with van der Waals surface area (Å²) in [4.78, 5) is 11.5. The van der Waals surface area contributed by atoms with Gasteiger partial charge in [0.1, 0.15) is 0 Å². The first-order valence-corrected chi connectivity index (χ1v) is 9.50. The van der Waals surface area contributed by atoms with Gasteiger partial charge < -0.3 is 15.8 Å². The van der Waals surface area contributed by atoms with Crippen molar-refractivity contribution in [3.05, 3.63) is 30.1 Å². The van der Waals surface area contributed by atoms with Crippen molar-refractivity contribution in [1.82, 2.24) is 15.2 Å². The van der Waals surface area contributed by atoms with Crippen LogP contribution in [-0.2, 0) is 11.2 Å². The average Bonchev–Trinajstić information content (AvgIpc) is 2.66. The molecule has 6 heteroatoms. The van der Waals surface area contributed by atoms with E-state index in [1.54, 1.807) is 0 Å². The topological polar surface area (TPSA) is 75.8 Å². The number of aliphatic imine (C=N–C) groups is 1. The lowest BCUT2D eigenvalue weighted by Gasteiger charge is -2.38. The van der Waals surface area contributed by atoms with Gasteiger partial charge in [0.05, 0.1) is 19.8 Å². The molecule has 0 aromatic carbocycles. The van der Waals surface area contributed by atoms with Crippen LogP contribution in [0, 0.1) is 5.92 Å². The molecule has 2 heterocycles. The van der Waals surface area contributed by atoms with Gasteiger partial charge in [0.15, 0.2) is 5.96 Å². The van der Waals surface area contributed by atoms with Crippen molar-refractivity contribution in [3.8, 4) is 0 Å². The number of rotatable bonds is 9. The quantitative estimate of drug-likeness (QED) is 0.525. The number of nitrogens with two attached hydrogens (primary N) is 1. The summed E-state index contributed by atoms with van der Waals surface area (Å²) >= 11 is 0. The summed E-state index contributed by atoms with van der Waals surface area (Å²) in [6.07, 6.45) is 4.99. The van der Waals surface area contributed by atoms with Gasteiger partial charge in [-0.05, 0) is 18.1 Å². The van der Waals surface area contributed by atoms with Crippen LogP contribution >= 0.6 is 0 Å². The van der Waals surface area contributed by atoms with Gasteiger partial charge in [0.25, 0.3) is 0 Å². The molecule has 1 fully saturated rings. The number of hydrogen-bond donors (Lipinski definition) is 2. The third kappa shape index (κ3) is 6.63. The fraction of sp³-hybridized carbons (Fsp3) is 0.684. The summed E-state index contributed by atoms with van der Waals surface area (Å²) in [7, 11) is 0. The molecule has 0 spiro atoms. The third-order valence-corrected chi connectivity index (χ3v) is 4.97. The number of aromatic nitrogens is 1. The molecule has 0 bridgehead atoms. The van der Waals surface area contributed by atoms with E-state index < -0.39 is 0 Å². The van der Waals surface area contributed by atoms with Crippen LogP contribution < -0.4 is 11.1 Å². The molecule has 6 nitrogen and oxygen atoms in total. The van der Waals surface area contributed by atoms with E-state index >= 15 is 0 Å². The lowest BCUT2D eigenvalue weighted by Crippen LogP contribution is -2.49. The summed E-state index contributed by atoms with van der Waals surface area (Å²) in [6, 6.07) is 6.39. The van der Waals surface area contributed by atoms with Crippen LogP contribution in [0.15, 0.2) is 29.4 Å². The molecule has 0 saturated carbocycles. The summed E-state index contributed by atoms with van der Waals surface area (Å²) in [5, 5.41) is 3.21. The Kier molecular flexibility index (Phi) is 8.69. The van der Waals surface area contributed by atoms with E-state index in [4.69, 9.17) is 10.5 Å². The Morgan fingerprint density at radius 1 is 1.32 bits per heavy atom. The summed E-state index contributed by atoms with van der Waals surface area (Å²) in [6.45, 7) is 9.64. The van der Waals surface area contributed by atoms with Gasteiger partial charge in [-0.2, -0.15) is 0 Å². The van der Waals surface area contributed by atoms with Crippen molar-refractivity contribution in [2.75, 3.05) is 39.4 Å². The number of hydrogen-bond acceptors (Lipinski definition) is 4. The number of ether oxygens (including phenoxy) is 1. The van der Waals surface area contributed by atoms with Gasteiger partial charge in [0.2, 0.25) is 0 Å². The van der Waals surface area contributed by atoms with Crippen molar-refractivity contribution >= 4 is 5.96 Å². The molecule has 1 aliphatic rings. The molecule has 1 aromatic heterocycles. The first-order valence-electron chi connectivity index (χ1n) is 9.50. The first kappa shape index (κ1) is 19.7. The minimum Gasteiger partial charge on any atom is -0.379 e. The molecule has 0 aliphatic carbocycles. The lowest BCUT2D eigenvalue weighted by atomic mass is 9.92. The number of nitrogens with one attached hydrogen (secondary N) is 1. The summed E-state index contributed by atoms with van der Waals surface area (Å²) in [5.74, 6) is 1.17. The molecule has 0 radical (unpaired) electrons. The number of guanidine groups is 1. The highest BCUT2D eigenvalue weighted by Gasteiger charge is 2.26. The molecule has 1 saturated heterocycles. The Balaban J connectivity index is 1.85. The van der Waals surface area contributed by atoms with Gasteiger partial charge in [-0.3, -0.25) is 14.9 Å². The second-order valence-electron chi connectivity index (χ2n) is 6.52. The highest BCUT2D eigenvalue weighted by Crippen LogP contribution is 2.20. The Bertz CT molecular complexity index is 498. The zero-order valence-corrected chi connectivity index (χ0v) is 15.7. The Morgan fingerprint density at radius 3 is 2.72 bits per heavy atom. The number of morpholine rings is 1. The molecule has 0 amide bonds. The standard InChI is InChI=1S/C19H33N5O/c1-3-16(4-2)18(24-11-13-25-14-12-24)15-23-19(20)22-10-8-17-7-5-6-9-21-17/h5-7,9,16,18H,3-4,8,10-15H2,1-2H3,(H3,20,22,23). The lowest BCUT2D eigenvalue weighted by molar-refractivity contribution is 0.00396. The monoisotopic (exact) mass is 347 g/mol. The zero-order valence-electron chi connectivity index (χ0n) is 15.7. The van der Waals surface area contributed by atoms with Crippen LogP contribution in [0.3, 0.4) is 0 Å². The molecule has 1 aromatic rings. The predicted octanol–water partition coefficient (Wildman–Crippen LogP) is 1.67. The number of nitrogens with zero attached hydrogens (tertiary/aromatic N) is 3. The van der Waals surface area contributed by atoms with E-state index in [1.807, 2.05) is 24.4 Å². The van der Waals surface area contributed by atoms with Crippen molar-refractivity contribution in [2.45, 2.75) is 39.2 Å². The molecule has 2 rings (SSSR count). The molecule has 1 unspecified atom stereocenters. The molecule has 25 heavy (non-hydrogen) atoms. The first-order chi connectivity index (χ1) is 12.2. The van der Waals surface area contributed by atoms with Crippen LogP contribution in [0.25, 0.3) is 0 Å². The highest BCUT2D eigenvalue weighted by atomic mass is 16.5. The predicted molar refractivity (Wildman–Crippen MR) is 103 cm³/mol. The highest BCUT2D eigenvalue weighted by molar-refractivity contribution is 5.77. The van der Waals surface area contributed by atoms with Gasteiger partial charge in [0, 0.05) is 44.0 Å². The zero-order chi connectivity index (χ0) is 17.9. The fourth-order valence-electron chi connectivity index (χ4n) is 3.42. The van der Waals surface area contributed by atoms with Crippen molar-refractivity contribution in [3.63, 3.8) is 0 Å². The molecular weight excluding hydrogens is 314 g/mol. The second kappa shape index (κ2) is 11.1. The number of pyridine rings is 1. The fourth-order valence-corrected chi connectivity index (χ4v) is 3.42. The van der Waals surface area contributed by atoms with Crippen LogP contribution in [0.5, 0.6) is 0 Å². The van der Waals surface area contributed by atoms with Crippen LogP contribution in [0.4, 0.5) is 0 Å². The third-order valence-electron chi connectivity index (χ3n) is 4.97. The smallest absolute Gasteiger partial charge is 0.188 e. The van der Waals surface area contributed by atoms with Crippen molar-refractivity contribution in [2.24, 2.45) is 16.6 Å². The van der Waals surface area contributed by atoms with Crippen LogP contribution in [0.1, 0.15) is 32.4 Å². The van der Waals surface area contributed by atoms with Gasteiger partial charge in [-0.1, -0.05) is 32.8 Å². The second-order valence-corrected chi connectivity index (χ2v) is 6.52. The van der Waals surface area contributed by atoms with E-state index in [0.29, 0.717) is 17.9 Å². The van der Waals surface area contributed by atoms with E-state index in [0.717, 1.165) is 51.5 Å². The normalized spacial score (nSPS) is 17.6. The van der Waals surface area contributed by atoms with E-state index in [1.165, 1.54) is 12.8 Å². The van der Waals surface area contributed by atoms with E-state index in [-0.39, 0.29) is 0 Å². The Labute approximate surface area is 151 Å². The van der Waals surface area contributed by atoms with Gasteiger partial charge >= 0.3 is 0 Å². The van der Waals surface area contributed by atoms with Gasteiger partial charge in [-0.15, -0.1) is 0 Å². The Morgan fingerprint density at radius 2 is 2.08 bits per heavy atom. The average molecular weight is 348 g/mol. The molecular formula is C19H33N5O. The van der Waals surface area contributed by atoms with E-state index in [2.05, 4.69) is 34.0 Å². The van der Waals surface area contributed by atoms with Crippen LogP contribution in [0.2, 0.25) is 0 Å². The Hall–Kier alpha value is -1.66. The van der Waals surface area contributed by atoms with E-state index in [9.17, 15) is 0 Å². The largest absolute Gasteiger partial charge is 0.379 e. The molecule has 1 aliphatic heterocycles. The summed E-state index contributed by atoms with van der Waals surface area (Å²) < 4.78 is 5.50. The maximum atomic E-state index is 6.07. The van der Waals surface area contributed by atoms with Crippen molar-refractivity contribution in [1.29, 1.82) is 0 Å². The molecule has 1 atom stereocenters. The van der Waals surface area contributed by atoms with Gasteiger partial charge in [-0.25, -0.2) is 0 Å². The maximum Gasteiger partial charge on any atom is 0.188 e. The minimum atomic E-state index is 0.440. The summed E-state index contributed by atoms with van der Waals surface area (Å²) in [5.41, 5.74) is 7.14. The maximum absolute atomic E-state index is 6.07. The van der Waals surface area contributed by atoms with Crippen LogP contribution in [-0.4, -0.2) is 61.3 Å².